The molecule has 0 aliphatic heterocycles. The van der Waals surface area contributed by atoms with Crippen molar-refractivity contribution in [1.29, 1.82) is 0 Å². The van der Waals surface area contributed by atoms with Crippen LogP contribution in [0.5, 0.6) is 0 Å². The van der Waals surface area contributed by atoms with E-state index in [-0.39, 0.29) is 17.3 Å². The van der Waals surface area contributed by atoms with Crippen molar-refractivity contribution in [2.75, 3.05) is 0 Å². The van der Waals surface area contributed by atoms with Crippen molar-refractivity contribution in [2.45, 2.75) is 51.5 Å². The minimum absolute atomic E-state index is 0.0121. The zero-order chi connectivity index (χ0) is 12.9. The standard InChI is InChI=1S/C13H19N3O2/c1-13(2)9(10(13)12(17)18)11-15-14-7-16(11)8-5-3-4-6-8/h7-10H,3-6H2,1-2H3,(H,17,18). The van der Waals surface area contributed by atoms with Crippen LogP contribution in [0.4, 0.5) is 0 Å². The van der Waals surface area contributed by atoms with E-state index in [9.17, 15) is 9.90 Å². The van der Waals surface area contributed by atoms with Gasteiger partial charge < -0.3 is 9.67 Å². The van der Waals surface area contributed by atoms with E-state index < -0.39 is 5.97 Å². The Balaban J connectivity index is 1.90. The zero-order valence-corrected chi connectivity index (χ0v) is 10.8. The van der Waals surface area contributed by atoms with E-state index in [1.165, 1.54) is 12.8 Å². The lowest BCUT2D eigenvalue weighted by Gasteiger charge is -2.14. The van der Waals surface area contributed by atoms with Crippen LogP contribution in [-0.4, -0.2) is 25.8 Å². The molecular weight excluding hydrogens is 230 g/mol. The predicted octanol–water partition coefficient (Wildman–Crippen LogP) is 2.22. The highest BCUT2D eigenvalue weighted by molar-refractivity contribution is 5.77. The molecule has 0 spiro atoms. The summed E-state index contributed by atoms with van der Waals surface area (Å²) in [6.45, 7) is 4.01. The summed E-state index contributed by atoms with van der Waals surface area (Å²) in [5.41, 5.74) is -0.199. The molecule has 18 heavy (non-hydrogen) atoms. The number of nitrogens with zero attached hydrogens (tertiary/aromatic N) is 3. The van der Waals surface area contributed by atoms with E-state index in [0.717, 1.165) is 18.7 Å². The first-order chi connectivity index (χ1) is 8.53. The van der Waals surface area contributed by atoms with Gasteiger partial charge in [0.15, 0.2) is 0 Å². The molecule has 0 aromatic carbocycles. The minimum Gasteiger partial charge on any atom is -0.481 e. The van der Waals surface area contributed by atoms with Crippen molar-refractivity contribution < 1.29 is 9.90 Å². The molecule has 0 radical (unpaired) electrons. The van der Waals surface area contributed by atoms with Gasteiger partial charge in [-0.3, -0.25) is 4.79 Å². The zero-order valence-electron chi connectivity index (χ0n) is 10.8. The predicted molar refractivity (Wildman–Crippen MR) is 65.2 cm³/mol. The topological polar surface area (TPSA) is 68.0 Å². The third kappa shape index (κ3) is 1.56. The van der Waals surface area contributed by atoms with Crippen LogP contribution in [0.15, 0.2) is 6.33 Å². The molecule has 98 valence electrons. The average molecular weight is 249 g/mol. The monoisotopic (exact) mass is 249 g/mol. The van der Waals surface area contributed by atoms with Gasteiger partial charge in [0.1, 0.15) is 12.2 Å². The van der Waals surface area contributed by atoms with Crippen molar-refractivity contribution in [1.82, 2.24) is 14.8 Å². The van der Waals surface area contributed by atoms with Gasteiger partial charge in [-0.25, -0.2) is 0 Å². The fraction of sp³-hybridized carbons (Fsp3) is 0.769. The summed E-state index contributed by atoms with van der Waals surface area (Å²) in [5, 5.41) is 17.5. The van der Waals surface area contributed by atoms with Gasteiger partial charge in [-0.2, -0.15) is 0 Å². The Bertz CT molecular complexity index is 474. The SMILES string of the molecule is CC1(C)C(C(=O)O)C1c1nncn1C1CCCC1. The van der Waals surface area contributed by atoms with Crippen LogP contribution in [0.2, 0.25) is 0 Å². The normalized spacial score (nSPS) is 30.6. The van der Waals surface area contributed by atoms with Crippen molar-refractivity contribution in [3.8, 4) is 0 Å². The van der Waals surface area contributed by atoms with Crippen molar-refractivity contribution in [3.63, 3.8) is 0 Å². The Morgan fingerprint density at radius 1 is 1.44 bits per heavy atom. The van der Waals surface area contributed by atoms with Gasteiger partial charge in [0.05, 0.1) is 5.92 Å². The fourth-order valence-corrected chi connectivity index (χ4v) is 3.52. The number of hydrogen-bond acceptors (Lipinski definition) is 3. The molecule has 5 nitrogen and oxygen atoms in total. The maximum absolute atomic E-state index is 11.3. The first-order valence-electron chi connectivity index (χ1n) is 6.65. The third-order valence-corrected chi connectivity index (χ3v) is 4.69. The number of aliphatic carboxylic acids is 1. The molecule has 2 aliphatic rings. The van der Waals surface area contributed by atoms with Crippen LogP contribution in [0.1, 0.15) is 57.3 Å². The van der Waals surface area contributed by atoms with Gasteiger partial charge >= 0.3 is 5.97 Å². The maximum atomic E-state index is 11.3. The molecular formula is C13H19N3O2. The van der Waals surface area contributed by atoms with Crippen LogP contribution in [0.25, 0.3) is 0 Å². The van der Waals surface area contributed by atoms with Gasteiger partial charge in [0.2, 0.25) is 0 Å². The minimum atomic E-state index is -0.717. The molecule has 2 aliphatic carbocycles. The Morgan fingerprint density at radius 3 is 2.67 bits per heavy atom. The molecule has 0 amide bonds. The van der Waals surface area contributed by atoms with Gasteiger partial charge in [-0.15, -0.1) is 10.2 Å². The average Bonchev–Trinajstić information content (AvgIpc) is 2.79. The first-order valence-corrected chi connectivity index (χ1v) is 6.65. The molecule has 0 saturated heterocycles. The second-order valence-corrected chi connectivity index (χ2v) is 6.15. The summed E-state index contributed by atoms with van der Waals surface area (Å²) in [6, 6.07) is 0.473. The van der Waals surface area contributed by atoms with Gasteiger partial charge in [-0.1, -0.05) is 26.7 Å². The molecule has 5 heteroatoms. The van der Waals surface area contributed by atoms with Crippen molar-refractivity contribution >= 4 is 5.97 Å². The van der Waals surface area contributed by atoms with Gasteiger partial charge in [0.25, 0.3) is 0 Å². The largest absolute Gasteiger partial charge is 0.481 e. The number of carboxylic acids is 1. The molecule has 2 saturated carbocycles. The molecule has 2 unspecified atom stereocenters. The maximum Gasteiger partial charge on any atom is 0.307 e. The molecule has 2 atom stereocenters. The van der Waals surface area contributed by atoms with E-state index >= 15 is 0 Å². The van der Waals surface area contributed by atoms with Crippen LogP contribution >= 0.6 is 0 Å². The van der Waals surface area contributed by atoms with Gasteiger partial charge in [0, 0.05) is 12.0 Å². The summed E-state index contributed by atoms with van der Waals surface area (Å²) in [6.07, 6.45) is 6.60. The summed E-state index contributed by atoms with van der Waals surface area (Å²) >= 11 is 0. The lowest BCUT2D eigenvalue weighted by molar-refractivity contribution is -0.139. The number of carboxylic acid groups (broad SMARTS) is 1. The van der Waals surface area contributed by atoms with E-state index in [0.29, 0.717) is 6.04 Å². The van der Waals surface area contributed by atoms with Crippen LogP contribution in [0.3, 0.4) is 0 Å². The second-order valence-electron chi connectivity index (χ2n) is 6.15. The van der Waals surface area contributed by atoms with Crippen molar-refractivity contribution in [2.24, 2.45) is 11.3 Å². The Kier molecular flexibility index (Phi) is 2.47. The van der Waals surface area contributed by atoms with E-state index in [1.807, 2.05) is 13.8 Å². The van der Waals surface area contributed by atoms with E-state index in [4.69, 9.17) is 0 Å². The number of hydrogen-bond donors (Lipinski definition) is 1. The molecule has 3 rings (SSSR count). The summed E-state index contributed by atoms with van der Waals surface area (Å²) in [7, 11) is 0. The van der Waals surface area contributed by atoms with Crippen molar-refractivity contribution in [3.05, 3.63) is 12.2 Å². The van der Waals surface area contributed by atoms with Crippen LogP contribution in [-0.2, 0) is 4.79 Å². The Hall–Kier alpha value is -1.39. The first kappa shape index (κ1) is 11.7. The fourth-order valence-electron chi connectivity index (χ4n) is 3.52. The lowest BCUT2D eigenvalue weighted by atomic mass is 10.1. The number of aromatic nitrogens is 3. The molecule has 1 aromatic heterocycles. The third-order valence-electron chi connectivity index (χ3n) is 4.69. The summed E-state index contributed by atoms with van der Waals surface area (Å²) in [4.78, 5) is 11.3. The molecule has 1 heterocycles. The van der Waals surface area contributed by atoms with Crippen LogP contribution < -0.4 is 0 Å². The number of rotatable bonds is 3. The highest BCUT2D eigenvalue weighted by Crippen LogP contribution is 2.64. The van der Waals surface area contributed by atoms with E-state index in [2.05, 4.69) is 14.8 Å². The van der Waals surface area contributed by atoms with E-state index in [1.54, 1.807) is 6.33 Å². The molecule has 2 fully saturated rings. The van der Waals surface area contributed by atoms with Gasteiger partial charge in [-0.05, 0) is 18.3 Å². The highest BCUT2D eigenvalue weighted by Gasteiger charge is 2.65. The smallest absolute Gasteiger partial charge is 0.307 e. The second kappa shape index (κ2) is 3.80. The quantitative estimate of drug-likeness (QED) is 0.891. The molecule has 0 bridgehead atoms. The molecule has 1 N–H and O–H groups in total. The molecule has 1 aromatic rings. The highest BCUT2D eigenvalue weighted by atomic mass is 16.4. The Morgan fingerprint density at radius 2 is 2.11 bits per heavy atom. The number of carbonyl (C=O) groups is 1. The lowest BCUT2D eigenvalue weighted by Crippen LogP contribution is -2.09. The van der Waals surface area contributed by atoms with Crippen LogP contribution in [0, 0.1) is 11.3 Å². The Labute approximate surface area is 106 Å². The summed E-state index contributed by atoms with van der Waals surface area (Å²) < 4.78 is 2.13. The summed E-state index contributed by atoms with van der Waals surface area (Å²) in [5.74, 6) is -0.148.